The molecule has 0 unspecified atom stereocenters. The van der Waals surface area contributed by atoms with Gasteiger partial charge in [0.2, 0.25) is 0 Å². The molecule has 0 amide bonds. The van der Waals surface area contributed by atoms with Crippen LogP contribution in [0.3, 0.4) is 0 Å². The average Bonchev–Trinajstić information content (AvgIpc) is 2.24. The molecule has 2 nitrogen and oxygen atoms in total. The van der Waals surface area contributed by atoms with E-state index in [1.54, 1.807) is 0 Å². The number of aromatic hydroxyl groups is 1. The van der Waals surface area contributed by atoms with Crippen molar-refractivity contribution >= 4 is 5.69 Å². The van der Waals surface area contributed by atoms with E-state index in [4.69, 9.17) is 0 Å². The first-order valence-corrected chi connectivity index (χ1v) is 7.01. The maximum atomic E-state index is 10.4. The first-order valence-electron chi connectivity index (χ1n) is 7.01. The molecule has 0 saturated carbocycles. The molecule has 2 rings (SSSR count). The average molecular weight is 247 g/mol. The molecule has 1 aliphatic heterocycles. The van der Waals surface area contributed by atoms with E-state index in [0.29, 0.717) is 17.6 Å². The molecule has 1 aromatic carbocycles. The van der Waals surface area contributed by atoms with E-state index in [-0.39, 0.29) is 0 Å². The first kappa shape index (κ1) is 13.3. The van der Waals surface area contributed by atoms with Crippen LogP contribution >= 0.6 is 0 Å². The summed E-state index contributed by atoms with van der Waals surface area (Å²) in [5.74, 6) is 2.02. The number of nitrogens with zero attached hydrogens (tertiary/aromatic N) is 1. The Bertz CT molecular complexity index is 402. The minimum atomic E-state index is 0.362. The van der Waals surface area contributed by atoms with E-state index >= 15 is 0 Å². The zero-order chi connectivity index (χ0) is 13.4. The molecule has 2 heteroatoms. The summed E-state index contributed by atoms with van der Waals surface area (Å²) >= 11 is 0. The highest BCUT2D eigenvalue weighted by Crippen LogP contribution is 2.38. The Morgan fingerprint density at radius 2 is 1.50 bits per heavy atom. The number of phenolic OH excluding ortho intramolecular Hbond substituents is 1. The minimum Gasteiger partial charge on any atom is -0.507 e. The lowest BCUT2D eigenvalue weighted by molar-refractivity contribution is 0.442. The highest BCUT2D eigenvalue weighted by molar-refractivity contribution is 5.59. The van der Waals surface area contributed by atoms with Crippen molar-refractivity contribution in [1.82, 2.24) is 0 Å². The van der Waals surface area contributed by atoms with E-state index in [9.17, 15) is 5.11 Å². The molecule has 1 N–H and O–H groups in total. The van der Waals surface area contributed by atoms with Crippen molar-refractivity contribution in [2.24, 2.45) is 5.92 Å². The zero-order valence-electron chi connectivity index (χ0n) is 12.2. The van der Waals surface area contributed by atoms with Gasteiger partial charge in [0.05, 0.1) is 0 Å². The maximum Gasteiger partial charge on any atom is 0.122 e. The lowest BCUT2D eigenvalue weighted by Crippen LogP contribution is -2.45. The molecule has 0 radical (unpaired) electrons. The van der Waals surface area contributed by atoms with Crippen LogP contribution in [0.4, 0.5) is 5.69 Å². The highest BCUT2D eigenvalue weighted by atomic mass is 16.3. The number of rotatable bonds is 3. The Labute approximate surface area is 111 Å². The molecular weight excluding hydrogens is 222 g/mol. The second-order valence-corrected chi connectivity index (χ2v) is 6.29. The molecule has 0 aromatic heterocycles. The van der Waals surface area contributed by atoms with Crippen LogP contribution in [0.2, 0.25) is 0 Å². The maximum absolute atomic E-state index is 10.4. The summed E-state index contributed by atoms with van der Waals surface area (Å²) in [5, 5.41) is 10.4. The SMILES string of the molecule is CC1CN(c2cc(C(C)C)c(O)c(C(C)C)c2)C1. The quantitative estimate of drug-likeness (QED) is 0.869. The van der Waals surface area contributed by atoms with Gasteiger partial charge in [-0.1, -0.05) is 34.6 Å². The van der Waals surface area contributed by atoms with E-state index in [1.165, 1.54) is 5.69 Å². The summed E-state index contributed by atoms with van der Waals surface area (Å²) in [6.07, 6.45) is 0. The van der Waals surface area contributed by atoms with Gasteiger partial charge in [0.25, 0.3) is 0 Å². The van der Waals surface area contributed by atoms with Crippen LogP contribution in [-0.4, -0.2) is 18.2 Å². The van der Waals surface area contributed by atoms with Crippen LogP contribution in [-0.2, 0) is 0 Å². The van der Waals surface area contributed by atoms with Crippen LogP contribution in [0.1, 0.15) is 57.6 Å². The second-order valence-electron chi connectivity index (χ2n) is 6.29. The van der Waals surface area contributed by atoms with Crippen LogP contribution in [0, 0.1) is 5.92 Å². The van der Waals surface area contributed by atoms with Crippen molar-refractivity contribution in [2.45, 2.75) is 46.5 Å². The van der Waals surface area contributed by atoms with Gasteiger partial charge in [-0.3, -0.25) is 0 Å². The fourth-order valence-corrected chi connectivity index (χ4v) is 2.64. The van der Waals surface area contributed by atoms with Gasteiger partial charge in [-0.2, -0.15) is 0 Å². The fourth-order valence-electron chi connectivity index (χ4n) is 2.64. The third-order valence-electron chi connectivity index (χ3n) is 3.83. The Morgan fingerprint density at radius 1 is 1.06 bits per heavy atom. The van der Waals surface area contributed by atoms with Gasteiger partial charge in [-0.15, -0.1) is 0 Å². The van der Waals surface area contributed by atoms with E-state index in [0.717, 1.165) is 30.1 Å². The van der Waals surface area contributed by atoms with Crippen molar-refractivity contribution in [1.29, 1.82) is 0 Å². The lowest BCUT2D eigenvalue weighted by Gasteiger charge is -2.40. The molecule has 1 aliphatic rings. The van der Waals surface area contributed by atoms with Crippen molar-refractivity contribution in [3.63, 3.8) is 0 Å². The molecule has 0 bridgehead atoms. The van der Waals surface area contributed by atoms with Gasteiger partial charge < -0.3 is 10.0 Å². The molecule has 18 heavy (non-hydrogen) atoms. The number of phenols is 1. The van der Waals surface area contributed by atoms with Gasteiger partial charge in [-0.05, 0) is 41.0 Å². The zero-order valence-corrected chi connectivity index (χ0v) is 12.2. The molecule has 1 aromatic rings. The van der Waals surface area contributed by atoms with Crippen LogP contribution in [0.15, 0.2) is 12.1 Å². The van der Waals surface area contributed by atoms with Gasteiger partial charge >= 0.3 is 0 Å². The normalized spacial score (nSPS) is 16.5. The highest BCUT2D eigenvalue weighted by Gasteiger charge is 2.25. The third kappa shape index (κ3) is 2.33. The van der Waals surface area contributed by atoms with Crippen LogP contribution in [0.5, 0.6) is 5.75 Å². The third-order valence-corrected chi connectivity index (χ3v) is 3.83. The van der Waals surface area contributed by atoms with Crippen molar-refractivity contribution in [3.05, 3.63) is 23.3 Å². The summed E-state index contributed by atoms with van der Waals surface area (Å²) < 4.78 is 0. The summed E-state index contributed by atoms with van der Waals surface area (Å²) in [5.41, 5.74) is 3.44. The molecule has 1 heterocycles. The summed E-state index contributed by atoms with van der Waals surface area (Å²) in [7, 11) is 0. The fraction of sp³-hybridized carbons (Fsp3) is 0.625. The Hall–Kier alpha value is -1.18. The Kier molecular flexibility index (Phi) is 3.56. The molecular formula is C16H25NO. The molecule has 0 spiro atoms. The molecule has 1 fully saturated rings. The van der Waals surface area contributed by atoms with E-state index in [1.807, 2.05) is 0 Å². The number of anilines is 1. The molecule has 1 saturated heterocycles. The molecule has 0 aliphatic carbocycles. The monoisotopic (exact) mass is 247 g/mol. The van der Waals surface area contributed by atoms with Crippen molar-refractivity contribution < 1.29 is 5.11 Å². The Balaban J connectivity index is 2.42. The van der Waals surface area contributed by atoms with Gasteiger partial charge in [-0.25, -0.2) is 0 Å². The predicted molar refractivity (Wildman–Crippen MR) is 77.7 cm³/mol. The predicted octanol–water partition coefficient (Wildman–Crippen LogP) is 4.10. The second kappa shape index (κ2) is 4.83. The summed E-state index contributed by atoms with van der Waals surface area (Å²) in [4.78, 5) is 2.40. The Morgan fingerprint density at radius 3 is 1.83 bits per heavy atom. The molecule has 0 atom stereocenters. The number of benzene rings is 1. The smallest absolute Gasteiger partial charge is 0.122 e. The van der Waals surface area contributed by atoms with E-state index in [2.05, 4.69) is 51.7 Å². The minimum absolute atomic E-state index is 0.362. The van der Waals surface area contributed by atoms with Crippen molar-refractivity contribution in [3.8, 4) is 5.75 Å². The summed E-state index contributed by atoms with van der Waals surface area (Å²) in [6, 6.07) is 4.33. The van der Waals surface area contributed by atoms with Crippen molar-refractivity contribution in [2.75, 3.05) is 18.0 Å². The molecule has 100 valence electrons. The first-order chi connectivity index (χ1) is 8.40. The standard InChI is InChI=1S/C16H25NO/c1-10(2)14-6-13(17-8-12(5)9-17)7-15(11(3)4)16(14)18/h6-7,10-12,18H,8-9H2,1-5H3. The number of hydrogen-bond acceptors (Lipinski definition) is 2. The van der Waals surface area contributed by atoms with Crippen LogP contribution < -0.4 is 4.90 Å². The van der Waals surface area contributed by atoms with Gasteiger partial charge in [0, 0.05) is 18.8 Å². The van der Waals surface area contributed by atoms with Crippen LogP contribution in [0.25, 0.3) is 0 Å². The lowest BCUT2D eigenvalue weighted by atomic mass is 9.91. The van der Waals surface area contributed by atoms with Gasteiger partial charge in [0.1, 0.15) is 5.75 Å². The largest absolute Gasteiger partial charge is 0.507 e. The summed E-state index contributed by atoms with van der Waals surface area (Å²) in [6.45, 7) is 13.1. The number of hydrogen-bond donors (Lipinski definition) is 1. The topological polar surface area (TPSA) is 23.5 Å². The van der Waals surface area contributed by atoms with Gasteiger partial charge in [0.15, 0.2) is 0 Å². The van der Waals surface area contributed by atoms with E-state index < -0.39 is 0 Å².